The molecular formula is C23H26N3O2. The molecule has 0 saturated heterocycles. The van der Waals surface area contributed by atoms with Crippen LogP contribution in [0.1, 0.15) is 64.0 Å². The number of ether oxygens (including phenoxy) is 1. The van der Waals surface area contributed by atoms with Crippen LogP contribution in [0.15, 0.2) is 36.5 Å². The van der Waals surface area contributed by atoms with Crippen LogP contribution in [-0.2, 0) is 4.79 Å². The van der Waals surface area contributed by atoms with Crippen molar-refractivity contribution in [2.75, 3.05) is 5.32 Å². The van der Waals surface area contributed by atoms with Crippen LogP contribution in [0.5, 0.6) is 11.6 Å². The number of benzene rings is 1. The van der Waals surface area contributed by atoms with Crippen LogP contribution in [-0.4, -0.2) is 10.9 Å². The molecule has 1 amide bonds. The Morgan fingerprint density at radius 3 is 2.57 bits per heavy atom. The smallest absolute Gasteiger partial charge is 0.232 e. The van der Waals surface area contributed by atoms with Crippen LogP contribution in [0.2, 0.25) is 0 Å². The first-order valence-corrected chi connectivity index (χ1v) is 9.67. The van der Waals surface area contributed by atoms with Crippen LogP contribution < -0.4 is 10.1 Å². The maximum Gasteiger partial charge on any atom is 0.232 e. The van der Waals surface area contributed by atoms with E-state index in [0.717, 1.165) is 24.3 Å². The Labute approximate surface area is 166 Å². The van der Waals surface area contributed by atoms with Gasteiger partial charge in [0.1, 0.15) is 5.75 Å². The van der Waals surface area contributed by atoms with Crippen molar-refractivity contribution < 1.29 is 9.53 Å². The fourth-order valence-corrected chi connectivity index (χ4v) is 3.31. The van der Waals surface area contributed by atoms with Gasteiger partial charge in [-0.15, -0.1) is 0 Å². The summed E-state index contributed by atoms with van der Waals surface area (Å²) < 4.78 is 5.84. The summed E-state index contributed by atoms with van der Waals surface area (Å²) in [7, 11) is 0. The van der Waals surface area contributed by atoms with E-state index in [1.54, 1.807) is 30.5 Å². The number of nitrogens with one attached hydrogen (secondary N) is 1. The molecule has 1 aliphatic carbocycles. The second-order valence-corrected chi connectivity index (χ2v) is 8.16. The number of hydrogen-bond donors (Lipinski definition) is 1. The Bertz CT molecular complexity index is 888. The van der Waals surface area contributed by atoms with Gasteiger partial charge in [0.2, 0.25) is 11.8 Å². The number of pyridine rings is 1. The molecule has 0 atom stereocenters. The standard InChI is InChI=1S/C23H26N3O2/c1-5-20(23(2,3)4)22(27)26-17-9-11-21(25-14-17)28-18-10-8-16(13-24)19(12-18)15-6-7-15/h8-12,14-15H,5-7H2,1-4H3,(H,26,27). The highest BCUT2D eigenvalue weighted by Crippen LogP contribution is 2.43. The van der Waals surface area contributed by atoms with Crippen molar-refractivity contribution in [3.8, 4) is 17.7 Å². The molecule has 1 aromatic heterocycles. The molecule has 1 N–H and O–H groups in total. The molecule has 1 saturated carbocycles. The number of carbonyl (C=O) groups is 1. The first-order chi connectivity index (χ1) is 13.3. The SMILES string of the molecule is CC[C](C(=O)Nc1ccc(Oc2ccc(C#N)c(C3CC3)c2)nc1)C(C)(C)C. The summed E-state index contributed by atoms with van der Waals surface area (Å²) >= 11 is 0. The van der Waals surface area contributed by atoms with E-state index < -0.39 is 0 Å². The van der Waals surface area contributed by atoms with Crippen molar-refractivity contribution >= 4 is 11.6 Å². The number of amides is 1. The molecule has 1 aromatic carbocycles. The Balaban J connectivity index is 1.67. The van der Waals surface area contributed by atoms with E-state index in [4.69, 9.17) is 4.74 Å². The molecule has 0 bridgehead atoms. The number of carbonyl (C=O) groups excluding carboxylic acids is 1. The monoisotopic (exact) mass is 376 g/mol. The average molecular weight is 376 g/mol. The molecule has 1 radical (unpaired) electrons. The molecule has 1 aliphatic rings. The van der Waals surface area contributed by atoms with Crippen molar-refractivity contribution in [2.24, 2.45) is 5.41 Å². The van der Waals surface area contributed by atoms with Gasteiger partial charge in [0.05, 0.1) is 29.4 Å². The first kappa shape index (κ1) is 19.9. The second kappa shape index (κ2) is 8.02. The Kier molecular flexibility index (Phi) is 5.69. The van der Waals surface area contributed by atoms with E-state index in [9.17, 15) is 10.1 Å². The zero-order chi connectivity index (χ0) is 20.3. The van der Waals surface area contributed by atoms with E-state index in [-0.39, 0.29) is 11.3 Å². The van der Waals surface area contributed by atoms with Gasteiger partial charge in [0, 0.05) is 6.07 Å². The average Bonchev–Trinajstić information content (AvgIpc) is 3.48. The van der Waals surface area contributed by atoms with Gasteiger partial charge in [-0.2, -0.15) is 5.26 Å². The van der Waals surface area contributed by atoms with E-state index >= 15 is 0 Å². The second-order valence-electron chi connectivity index (χ2n) is 8.16. The van der Waals surface area contributed by atoms with E-state index in [1.807, 2.05) is 33.8 Å². The van der Waals surface area contributed by atoms with Crippen LogP contribution >= 0.6 is 0 Å². The lowest BCUT2D eigenvalue weighted by atomic mass is 9.78. The number of nitriles is 1. The molecule has 1 heterocycles. The fourth-order valence-electron chi connectivity index (χ4n) is 3.31. The van der Waals surface area contributed by atoms with E-state index in [1.165, 1.54) is 0 Å². The number of rotatable bonds is 6. The highest BCUT2D eigenvalue weighted by Gasteiger charge is 2.30. The third kappa shape index (κ3) is 4.69. The summed E-state index contributed by atoms with van der Waals surface area (Å²) in [5.74, 6) is 2.35. The number of hydrogen-bond acceptors (Lipinski definition) is 4. The van der Waals surface area contributed by atoms with Crippen molar-refractivity contribution in [3.63, 3.8) is 0 Å². The first-order valence-electron chi connectivity index (χ1n) is 9.67. The van der Waals surface area contributed by atoms with Gasteiger partial charge in [-0.25, -0.2) is 4.98 Å². The molecule has 0 aliphatic heterocycles. The van der Waals surface area contributed by atoms with Crippen molar-refractivity contribution in [2.45, 2.75) is 52.9 Å². The van der Waals surface area contributed by atoms with E-state index in [2.05, 4.69) is 16.4 Å². The van der Waals surface area contributed by atoms with E-state index in [0.29, 0.717) is 35.2 Å². The van der Waals surface area contributed by atoms with Crippen molar-refractivity contribution in [1.82, 2.24) is 4.98 Å². The van der Waals surface area contributed by atoms with Crippen LogP contribution in [0, 0.1) is 22.7 Å². The number of nitrogens with zero attached hydrogens (tertiary/aromatic N) is 2. The Hall–Kier alpha value is -2.87. The quantitative estimate of drug-likeness (QED) is 0.713. The molecule has 3 rings (SSSR count). The minimum absolute atomic E-state index is 0.0772. The third-order valence-corrected chi connectivity index (χ3v) is 4.91. The predicted molar refractivity (Wildman–Crippen MR) is 109 cm³/mol. The normalized spacial score (nSPS) is 13.9. The summed E-state index contributed by atoms with van der Waals surface area (Å²) in [4.78, 5) is 16.8. The summed E-state index contributed by atoms with van der Waals surface area (Å²) in [5.41, 5.74) is 2.21. The lowest BCUT2D eigenvalue weighted by Gasteiger charge is -2.27. The molecule has 0 unspecified atom stereocenters. The molecule has 28 heavy (non-hydrogen) atoms. The molecule has 0 spiro atoms. The minimum atomic E-state index is -0.176. The highest BCUT2D eigenvalue weighted by molar-refractivity contribution is 6.01. The predicted octanol–water partition coefficient (Wildman–Crippen LogP) is 5.59. The highest BCUT2D eigenvalue weighted by atomic mass is 16.5. The number of anilines is 1. The summed E-state index contributed by atoms with van der Waals surface area (Å²) in [6.07, 6.45) is 4.53. The summed E-state index contributed by atoms with van der Waals surface area (Å²) in [5, 5.41) is 12.2. The molecular weight excluding hydrogens is 350 g/mol. The fraction of sp³-hybridized carbons (Fsp3) is 0.391. The molecule has 5 heteroatoms. The van der Waals surface area contributed by atoms with Gasteiger partial charge < -0.3 is 10.1 Å². The van der Waals surface area contributed by atoms with Crippen LogP contribution in [0.4, 0.5) is 5.69 Å². The zero-order valence-corrected chi connectivity index (χ0v) is 16.9. The van der Waals surface area contributed by atoms with Gasteiger partial charge in [0.15, 0.2) is 0 Å². The largest absolute Gasteiger partial charge is 0.439 e. The maximum absolute atomic E-state index is 12.5. The summed E-state index contributed by atoms with van der Waals surface area (Å²) in [6.45, 7) is 8.10. The molecule has 2 aromatic rings. The van der Waals surface area contributed by atoms with Gasteiger partial charge in [0.25, 0.3) is 0 Å². The van der Waals surface area contributed by atoms with Crippen LogP contribution in [0.25, 0.3) is 0 Å². The topological polar surface area (TPSA) is 75.0 Å². The van der Waals surface area contributed by atoms with Gasteiger partial charge in [-0.05, 0) is 60.4 Å². The third-order valence-electron chi connectivity index (χ3n) is 4.91. The maximum atomic E-state index is 12.5. The lowest BCUT2D eigenvalue weighted by molar-refractivity contribution is -0.116. The Morgan fingerprint density at radius 1 is 1.29 bits per heavy atom. The molecule has 1 fully saturated rings. The molecule has 5 nitrogen and oxygen atoms in total. The number of aromatic nitrogens is 1. The van der Waals surface area contributed by atoms with Crippen LogP contribution in [0.3, 0.4) is 0 Å². The lowest BCUT2D eigenvalue weighted by Crippen LogP contribution is -2.30. The van der Waals surface area contributed by atoms with Crippen molar-refractivity contribution in [1.29, 1.82) is 5.26 Å². The van der Waals surface area contributed by atoms with Gasteiger partial charge in [-0.1, -0.05) is 27.7 Å². The van der Waals surface area contributed by atoms with Crippen molar-refractivity contribution in [3.05, 3.63) is 53.6 Å². The van der Waals surface area contributed by atoms with Gasteiger partial charge in [-0.3, -0.25) is 4.79 Å². The minimum Gasteiger partial charge on any atom is -0.439 e. The zero-order valence-electron chi connectivity index (χ0n) is 16.9. The molecule has 145 valence electrons. The Morgan fingerprint density at radius 2 is 2.04 bits per heavy atom. The summed E-state index contributed by atoms with van der Waals surface area (Å²) in [6, 6.07) is 11.3. The van der Waals surface area contributed by atoms with Gasteiger partial charge >= 0.3 is 0 Å².